The monoisotopic (exact) mass is 289 g/mol. The van der Waals surface area contributed by atoms with Crippen LogP contribution in [0.25, 0.3) is 4.98 Å². The summed E-state index contributed by atoms with van der Waals surface area (Å²) in [6.07, 6.45) is 0. The van der Waals surface area contributed by atoms with Gasteiger partial charge in [0, 0.05) is 50.4 Å². The number of rotatable bonds is 1. The van der Waals surface area contributed by atoms with Crippen LogP contribution >= 0.6 is 0 Å². The number of halogens is 1. The topological polar surface area (TPSA) is 40.6 Å². The van der Waals surface area contributed by atoms with Crippen molar-refractivity contribution in [3.05, 3.63) is 29.2 Å². The normalized spacial score (nSPS) is 14.3. The van der Waals surface area contributed by atoms with Gasteiger partial charge in [-0.15, -0.1) is 0 Å². The van der Waals surface area contributed by atoms with Gasteiger partial charge in [-0.2, -0.15) is 0 Å². The first-order valence-electron chi connectivity index (χ1n) is 4.68. The van der Waals surface area contributed by atoms with Gasteiger partial charge in [0.05, 0.1) is 13.2 Å². The largest absolute Gasteiger partial charge is 1.00 e. The molecule has 1 aliphatic rings. The van der Waals surface area contributed by atoms with Crippen LogP contribution < -0.4 is 17.3 Å². The van der Waals surface area contributed by atoms with Crippen molar-refractivity contribution in [2.75, 3.05) is 31.2 Å². The number of anilines is 1. The summed E-state index contributed by atoms with van der Waals surface area (Å²) in [6.45, 7) is 3.42. The number of nitrogens with zero attached hydrogens (tertiary/aromatic N) is 3. The number of morpholine rings is 1. The number of hydrogen-bond donors (Lipinski definition) is 0. The fourth-order valence-electron chi connectivity index (χ4n) is 1.55. The molecule has 16 heavy (non-hydrogen) atoms. The minimum Gasteiger partial charge on any atom is -1.00 e. The van der Waals surface area contributed by atoms with Crippen molar-refractivity contribution in [3.63, 3.8) is 0 Å². The molecule has 1 saturated heterocycles. The van der Waals surface area contributed by atoms with Gasteiger partial charge < -0.3 is 22.0 Å². The zero-order valence-electron chi connectivity index (χ0n) is 8.97. The molecule has 2 rings (SSSR count). The van der Waals surface area contributed by atoms with E-state index in [-0.39, 0.29) is 31.9 Å². The molecule has 82 valence electrons. The van der Waals surface area contributed by atoms with E-state index < -0.39 is 0 Å². The van der Waals surface area contributed by atoms with Crippen LogP contribution in [0.15, 0.2) is 24.3 Å². The summed E-state index contributed by atoms with van der Waals surface area (Å²) in [6, 6.07) is 7.51. The standard InChI is InChI=1S/C10H12N3O.ClH.Zn/c11-12-9-1-3-10(4-2-9)13-5-7-14-8-6-13;;/h1-4H,5-8H2;1H;/q+1;;/p-1. The van der Waals surface area contributed by atoms with Crippen molar-refractivity contribution < 1.29 is 36.6 Å². The van der Waals surface area contributed by atoms with E-state index in [0.29, 0.717) is 5.69 Å². The van der Waals surface area contributed by atoms with Gasteiger partial charge in [0.1, 0.15) is 0 Å². The Bertz CT molecular complexity index is 346. The molecule has 1 aromatic carbocycles. The Morgan fingerprint density at radius 1 is 1.12 bits per heavy atom. The van der Waals surface area contributed by atoms with Crippen molar-refractivity contribution in [1.29, 1.82) is 5.39 Å². The van der Waals surface area contributed by atoms with Crippen LogP contribution in [0.4, 0.5) is 11.4 Å². The van der Waals surface area contributed by atoms with Crippen molar-refractivity contribution in [1.82, 2.24) is 0 Å². The van der Waals surface area contributed by atoms with Gasteiger partial charge in [-0.25, -0.2) is 0 Å². The van der Waals surface area contributed by atoms with E-state index in [1.165, 1.54) is 0 Å². The Labute approximate surface area is 114 Å². The van der Waals surface area contributed by atoms with Crippen LogP contribution in [0.2, 0.25) is 0 Å². The quantitative estimate of drug-likeness (QED) is 0.493. The second-order valence-corrected chi connectivity index (χ2v) is 3.22. The molecule has 0 N–H and O–H groups in total. The minimum atomic E-state index is 0. The Balaban J connectivity index is 0.00000112. The van der Waals surface area contributed by atoms with E-state index in [0.717, 1.165) is 32.0 Å². The third-order valence-electron chi connectivity index (χ3n) is 2.34. The van der Waals surface area contributed by atoms with Gasteiger partial charge in [0.15, 0.2) is 4.98 Å². The maximum atomic E-state index is 8.53. The molecule has 1 heterocycles. The summed E-state index contributed by atoms with van der Waals surface area (Å²) in [5, 5.41) is 8.53. The summed E-state index contributed by atoms with van der Waals surface area (Å²) < 4.78 is 5.27. The van der Waals surface area contributed by atoms with Gasteiger partial charge in [-0.3, -0.25) is 0 Å². The molecule has 0 spiro atoms. The van der Waals surface area contributed by atoms with Crippen LogP contribution in [0.5, 0.6) is 0 Å². The fourth-order valence-corrected chi connectivity index (χ4v) is 1.55. The molecule has 0 bridgehead atoms. The molecule has 0 aliphatic carbocycles. The van der Waals surface area contributed by atoms with Crippen molar-refractivity contribution in [2.24, 2.45) is 0 Å². The molecule has 4 nitrogen and oxygen atoms in total. The van der Waals surface area contributed by atoms with Crippen LogP contribution in [0, 0.1) is 5.39 Å². The third kappa shape index (κ3) is 3.71. The first-order valence-corrected chi connectivity index (χ1v) is 4.68. The van der Waals surface area contributed by atoms with Crippen molar-refractivity contribution in [2.45, 2.75) is 0 Å². The zero-order valence-corrected chi connectivity index (χ0v) is 12.7. The zero-order chi connectivity index (χ0) is 9.80. The predicted octanol–water partition coefficient (Wildman–Crippen LogP) is -0.991. The number of ether oxygens (including phenoxy) is 1. The van der Waals surface area contributed by atoms with E-state index in [9.17, 15) is 0 Å². The molecule has 1 fully saturated rings. The first kappa shape index (κ1) is 15.3. The van der Waals surface area contributed by atoms with Gasteiger partial charge >= 0.3 is 5.69 Å². The molecule has 6 heteroatoms. The fraction of sp³-hybridized carbons (Fsp3) is 0.400. The van der Waals surface area contributed by atoms with Gasteiger partial charge in [-0.1, -0.05) is 0 Å². The van der Waals surface area contributed by atoms with E-state index >= 15 is 0 Å². The second kappa shape index (κ2) is 7.56. The Morgan fingerprint density at radius 2 is 1.69 bits per heavy atom. The summed E-state index contributed by atoms with van der Waals surface area (Å²) in [7, 11) is 0. The molecular weight excluding hydrogens is 279 g/mol. The Hall–Kier alpha value is -0.687. The van der Waals surface area contributed by atoms with Crippen molar-refractivity contribution >= 4 is 11.4 Å². The van der Waals surface area contributed by atoms with Crippen LogP contribution in [-0.2, 0) is 24.2 Å². The van der Waals surface area contributed by atoms with Gasteiger partial charge in [-0.05, 0) is 12.1 Å². The average molecular weight is 291 g/mol. The Kier molecular flexibility index (Phi) is 7.24. The molecule has 0 unspecified atom stereocenters. The minimum absolute atomic E-state index is 0. The molecule has 1 aliphatic heterocycles. The molecule has 0 radical (unpaired) electrons. The molecule has 0 aromatic heterocycles. The number of hydrogen-bond acceptors (Lipinski definition) is 3. The maximum Gasteiger partial charge on any atom is 0.385 e. The summed E-state index contributed by atoms with van der Waals surface area (Å²) in [4.78, 5) is 5.37. The number of benzene rings is 1. The van der Waals surface area contributed by atoms with E-state index in [1.807, 2.05) is 12.1 Å². The van der Waals surface area contributed by atoms with E-state index in [4.69, 9.17) is 10.1 Å². The molecule has 0 saturated carbocycles. The van der Waals surface area contributed by atoms with E-state index in [1.54, 1.807) is 12.1 Å². The van der Waals surface area contributed by atoms with Crippen LogP contribution in [-0.4, -0.2) is 26.3 Å². The third-order valence-corrected chi connectivity index (χ3v) is 2.34. The Morgan fingerprint density at radius 3 is 2.19 bits per heavy atom. The number of diazo groups is 1. The second-order valence-electron chi connectivity index (χ2n) is 3.22. The molecule has 0 atom stereocenters. The van der Waals surface area contributed by atoms with E-state index in [2.05, 4.69) is 9.88 Å². The summed E-state index contributed by atoms with van der Waals surface area (Å²) in [5.41, 5.74) is 1.74. The smallest absolute Gasteiger partial charge is 0.385 e. The molecule has 0 amide bonds. The summed E-state index contributed by atoms with van der Waals surface area (Å²) >= 11 is 0. The van der Waals surface area contributed by atoms with Crippen molar-refractivity contribution in [3.8, 4) is 0 Å². The summed E-state index contributed by atoms with van der Waals surface area (Å²) in [5.74, 6) is 0. The van der Waals surface area contributed by atoms with Gasteiger partial charge in [0.25, 0.3) is 0 Å². The van der Waals surface area contributed by atoms with Crippen LogP contribution in [0.3, 0.4) is 0 Å². The average Bonchev–Trinajstić information content (AvgIpc) is 2.30. The molecular formula is C10H12ClN3OZn. The van der Waals surface area contributed by atoms with Gasteiger partial charge in [0.2, 0.25) is 5.39 Å². The first-order chi connectivity index (χ1) is 6.90. The SMILES string of the molecule is N#[N+]c1ccc(N2CCOCC2)cc1.[Cl-].[Zn]. The molecule has 1 aromatic rings. The maximum absolute atomic E-state index is 8.53. The van der Waals surface area contributed by atoms with Crippen LogP contribution in [0.1, 0.15) is 0 Å². The predicted molar refractivity (Wildman–Crippen MR) is 54.2 cm³/mol.